The lowest BCUT2D eigenvalue weighted by molar-refractivity contribution is -0.166. The highest BCUT2D eigenvalue weighted by molar-refractivity contribution is 5.71. The predicted octanol–water partition coefficient (Wildman–Crippen LogP) is 23.0. The Balaban J connectivity index is 4.54. The van der Waals surface area contributed by atoms with Gasteiger partial charge in [-0.05, 0) is 148 Å². The Morgan fingerprint density at radius 1 is 0.241 bits per heavy atom. The highest BCUT2D eigenvalue weighted by atomic mass is 16.6. The van der Waals surface area contributed by atoms with E-state index in [1.54, 1.807) is 0 Å². The van der Waals surface area contributed by atoms with Crippen LogP contribution in [0.1, 0.15) is 252 Å². The van der Waals surface area contributed by atoms with E-state index in [1.165, 1.54) is 44.9 Å². The smallest absolute Gasteiger partial charge is 0.306 e. The molecule has 0 amide bonds. The van der Waals surface area contributed by atoms with Gasteiger partial charge >= 0.3 is 17.9 Å². The van der Waals surface area contributed by atoms with Gasteiger partial charge < -0.3 is 14.2 Å². The molecule has 0 saturated heterocycles. The van der Waals surface area contributed by atoms with Gasteiger partial charge in [0, 0.05) is 19.3 Å². The monoisotopic (exact) mass is 1140 g/mol. The maximum atomic E-state index is 12.9. The number of allylic oxidation sites excluding steroid dienone is 32. The second-order valence-electron chi connectivity index (χ2n) is 20.9. The first-order chi connectivity index (χ1) is 41.0. The van der Waals surface area contributed by atoms with Crippen molar-refractivity contribution in [2.45, 2.75) is 258 Å². The number of hydrogen-bond donors (Lipinski definition) is 0. The molecule has 0 rings (SSSR count). The minimum atomic E-state index is -0.842. The van der Waals surface area contributed by atoms with Gasteiger partial charge in [-0.1, -0.05) is 279 Å². The van der Waals surface area contributed by atoms with Gasteiger partial charge in [0.2, 0.25) is 0 Å². The molecular weight excluding hydrogens is 1020 g/mol. The third-order valence-electron chi connectivity index (χ3n) is 13.1. The summed E-state index contributed by atoms with van der Waals surface area (Å²) in [4.78, 5) is 38.4. The summed E-state index contributed by atoms with van der Waals surface area (Å²) in [5, 5.41) is 0. The highest BCUT2D eigenvalue weighted by Crippen LogP contribution is 2.14. The fraction of sp³-hybridized carbons (Fsp3) is 0.545. The van der Waals surface area contributed by atoms with Crippen molar-refractivity contribution < 1.29 is 28.6 Å². The zero-order valence-corrected chi connectivity index (χ0v) is 52.9. The molecule has 0 aliphatic heterocycles. The number of carbonyl (C=O) groups excluding carboxylic acids is 3. The van der Waals surface area contributed by atoms with E-state index in [1.807, 2.05) is 12.2 Å². The van der Waals surface area contributed by atoms with Gasteiger partial charge in [0.15, 0.2) is 6.10 Å². The summed E-state index contributed by atoms with van der Waals surface area (Å²) in [5.41, 5.74) is 0. The van der Waals surface area contributed by atoms with Crippen LogP contribution in [0.2, 0.25) is 0 Å². The Bertz CT molecular complexity index is 1990. The number of esters is 3. The van der Waals surface area contributed by atoms with Gasteiger partial charge in [0.1, 0.15) is 13.2 Å². The molecule has 0 aromatic heterocycles. The van der Waals surface area contributed by atoms with Gasteiger partial charge in [-0.25, -0.2) is 0 Å². The van der Waals surface area contributed by atoms with Crippen LogP contribution in [0.3, 0.4) is 0 Å². The lowest BCUT2D eigenvalue weighted by atomic mass is 10.1. The topological polar surface area (TPSA) is 78.9 Å². The molecule has 0 N–H and O–H groups in total. The molecule has 1 unspecified atom stereocenters. The van der Waals surface area contributed by atoms with Gasteiger partial charge in [0.05, 0.1) is 0 Å². The fourth-order valence-corrected chi connectivity index (χ4v) is 8.29. The first kappa shape index (κ1) is 77.2. The van der Waals surface area contributed by atoms with Crippen molar-refractivity contribution in [1.29, 1.82) is 0 Å². The summed E-state index contributed by atoms with van der Waals surface area (Å²) in [6, 6.07) is 0. The van der Waals surface area contributed by atoms with Crippen LogP contribution in [0.4, 0.5) is 0 Å². The lowest BCUT2D eigenvalue weighted by Crippen LogP contribution is -2.30. The zero-order chi connectivity index (χ0) is 59.9. The number of rotatable bonds is 57. The van der Waals surface area contributed by atoms with E-state index in [4.69, 9.17) is 14.2 Å². The molecule has 0 radical (unpaired) electrons. The minimum absolute atomic E-state index is 0.128. The first-order valence-electron chi connectivity index (χ1n) is 32.9. The molecule has 6 nitrogen and oxygen atoms in total. The Kier molecular flexibility index (Phi) is 64.0. The van der Waals surface area contributed by atoms with Crippen LogP contribution in [0.15, 0.2) is 194 Å². The Morgan fingerprint density at radius 3 is 0.723 bits per heavy atom. The quantitative estimate of drug-likeness (QED) is 0.0261. The average Bonchev–Trinajstić information content (AvgIpc) is 3.50. The van der Waals surface area contributed by atoms with E-state index < -0.39 is 12.1 Å². The van der Waals surface area contributed by atoms with Crippen molar-refractivity contribution in [3.05, 3.63) is 194 Å². The predicted molar refractivity (Wildman–Crippen MR) is 361 cm³/mol. The summed E-state index contributed by atoms with van der Waals surface area (Å²) in [7, 11) is 0. The summed E-state index contributed by atoms with van der Waals surface area (Å²) in [5.74, 6) is -1.04. The van der Waals surface area contributed by atoms with Crippen LogP contribution in [0, 0.1) is 0 Å². The second kappa shape index (κ2) is 68.7. The SMILES string of the molecule is CC/C=C\C/C=C\C/C=C\C/C=C\C/C=C\C/C=C\CCCCCCCCCCC(=O)OCC(COC(=O)CCCCCCCC/C=C\C/C=C\C/C=C\C/C=C\CC)OC(=O)CC/C=C\C/C=C\C/C=C\C/C=C\C/C=C\C/C=C\CC. The second-order valence-corrected chi connectivity index (χ2v) is 20.9. The van der Waals surface area contributed by atoms with Gasteiger partial charge in [-0.15, -0.1) is 0 Å². The molecule has 0 saturated carbocycles. The number of unbranched alkanes of at least 4 members (excludes halogenated alkanes) is 14. The summed E-state index contributed by atoms with van der Waals surface area (Å²) >= 11 is 0. The lowest BCUT2D eigenvalue weighted by Gasteiger charge is -2.18. The summed E-state index contributed by atoms with van der Waals surface area (Å²) < 4.78 is 16.9. The number of ether oxygens (including phenoxy) is 3. The standard InChI is InChI=1S/C77H118O6/c1-4-7-10-13-16-19-22-25-28-31-34-35-36-37-38-39-40-41-44-46-49-52-55-58-61-64-67-70-76(79)82-73-74(83-77(80)71-68-65-62-59-56-53-50-47-43-33-30-27-24-21-18-15-12-9-6-3)72-81-75(78)69-66-63-60-57-54-51-48-45-42-32-29-26-23-20-17-14-11-8-5-2/h7-12,16-21,25-30,34-35,37-38,40-43,45,47,53,56,62,65,74H,4-6,13-15,22-24,31-33,36,39,44,46,48-52,54-55,57-61,63-64,66-73H2,1-3H3/b10-7-,11-8-,12-9-,19-16-,20-17-,21-18-,28-25-,29-26-,30-27-,35-34-,38-37-,41-40-,45-42-,47-43-,56-53-,65-62-. The van der Waals surface area contributed by atoms with Crippen molar-refractivity contribution in [3.63, 3.8) is 0 Å². The molecule has 0 spiro atoms. The van der Waals surface area contributed by atoms with Crippen LogP contribution in [0.5, 0.6) is 0 Å². The Labute approximate surface area is 509 Å². The molecule has 0 fully saturated rings. The van der Waals surface area contributed by atoms with E-state index in [9.17, 15) is 14.4 Å². The number of hydrogen-bond acceptors (Lipinski definition) is 6. The average molecular weight is 1140 g/mol. The number of carbonyl (C=O) groups is 3. The van der Waals surface area contributed by atoms with Gasteiger partial charge in [-0.3, -0.25) is 14.4 Å². The summed E-state index contributed by atoms with van der Waals surface area (Å²) in [6.45, 7) is 6.21. The third-order valence-corrected chi connectivity index (χ3v) is 13.1. The van der Waals surface area contributed by atoms with Crippen LogP contribution in [0.25, 0.3) is 0 Å². The van der Waals surface area contributed by atoms with E-state index in [0.29, 0.717) is 19.3 Å². The van der Waals surface area contributed by atoms with E-state index in [2.05, 4.69) is 203 Å². The molecule has 0 aliphatic rings. The van der Waals surface area contributed by atoms with Crippen LogP contribution < -0.4 is 0 Å². The van der Waals surface area contributed by atoms with Crippen molar-refractivity contribution in [3.8, 4) is 0 Å². The van der Waals surface area contributed by atoms with Crippen molar-refractivity contribution in [2.24, 2.45) is 0 Å². The van der Waals surface area contributed by atoms with Gasteiger partial charge in [0.25, 0.3) is 0 Å². The van der Waals surface area contributed by atoms with Crippen LogP contribution in [-0.2, 0) is 28.6 Å². The zero-order valence-electron chi connectivity index (χ0n) is 52.9. The van der Waals surface area contributed by atoms with E-state index in [-0.39, 0.29) is 31.6 Å². The molecule has 1 atom stereocenters. The fourth-order valence-electron chi connectivity index (χ4n) is 8.29. The highest BCUT2D eigenvalue weighted by Gasteiger charge is 2.19. The molecular formula is C77H118O6. The molecule has 83 heavy (non-hydrogen) atoms. The van der Waals surface area contributed by atoms with Crippen LogP contribution in [-0.4, -0.2) is 37.2 Å². The van der Waals surface area contributed by atoms with Crippen molar-refractivity contribution in [1.82, 2.24) is 0 Å². The van der Waals surface area contributed by atoms with Crippen molar-refractivity contribution >= 4 is 17.9 Å². The Hall–Kier alpha value is -5.75. The van der Waals surface area contributed by atoms with E-state index >= 15 is 0 Å². The van der Waals surface area contributed by atoms with Gasteiger partial charge in [-0.2, -0.15) is 0 Å². The molecule has 0 heterocycles. The Morgan fingerprint density at radius 2 is 0.458 bits per heavy atom. The van der Waals surface area contributed by atoms with Crippen LogP contribution >= 0.6 is 0 Å². The minimum Gasteiger partial charge on any atom is -0.462 e. The maximum Gasteiger partial charge on any atom is 0.306 e. The molecule has 0 aliphatic carbocycles. The molecule has 0 aromatic rings. The molecule has 6 heteroatoms. The third kappa shape index (κ3) is 66.9. The first-order valence-corrected chi connectivity index (χ1v) is 32.9. The molecule has 0 bridgehead atoms. The summed E-state index contributed by atoms with van der Waals surface area (Å²) in [6.07, 6.45) is 104. The van der Waals surface area contributed by atoms with Crippen molar-refractivity contribution in [2.75, 3.05) is 13.2 Å². The molecule has 0 aromatic carbocycles. The normalized spacial score (nSPS) is 13.4. The molecule has 462 valence electrons. The largest absolute Gasteiger partial charge is 0.462 e. The van der Waals surface area contributed by atoms with E-state index in [0.717, 1.165) is 161 Å². The maximum absolute atomic E-state index is 12.9.